The van der Waals surface area contributed by atoms with Crippen LogP contribution in [-0.4, -0.2) is 37.6 Å². The minimum atomic E-state index is 0.978. The topological polar surface area (TPSA) is 15.3 Å². The lowest BCUT2D eigenvalue weighted by Crippen LogP contribution is -2.28. The molecule has 2 unspecified atom stereocenters. The maximum atomic E-state index is 3.52. The smallest absolute Gasteiger partial charge is 0.00255 e. The fraction of sp³-hybridized carbons (Fsp3) is 1.00. The molecular weight excluding hydrogens is 196 g/mol. The van der Waals surface area contributed by atoms with Crippen molar-refractivity contribution in [1.29, 1.82) is 0 Å². The van der Waals surface area contributed by atoms with E-state index in [2.05, 4.69) is 10.2 Å². The van der Waals surface area contributed by atoms with Crippen LogP contribution in [-0.2, 0) is 0 Å². The van der Waals surface area contributed by atoms with Gasteiger partial charge in [0.15, 0.2) is 0 Å². The summed E-state index contributed by atoms with van der Waals surface area (Å²) in [5.74, 6) is 3.02. The number of hydrogen-bond donors (Lipinski definition) is 1. The quantitative estimate of drug-likeness (QED) is 0.787. The van der Waals surface area contributed by atoms with E-state index in [4.69, 9.17) is 0 Å². The van der Waals surface area contributed by atoms with Crippen LogP contribution in [0.4, 0.5) is 0 Å². The minimum absolute atomic E-state index is 0.978. The van der Waals surface area contributed by atoms with Gasteiger partial charge in [-0.1, -0.05) is 32.1 Å². The summed E-state index contributed by atoms with van der Waals surface area (Å²) in [7, 11) is 0. The highest BCUT2D eigenvalue weighted by Gasteiger charge is 2.35. The number of nitrogens with one attached hydrogen (secondary N) is 1. The second-order valence-electron chi connectivity index (χ2n) is 6.23. The molecule has 2 nitrogen and oxygen atoms in total. The Labute approximate surface area is 99.8 Å². The van der Waals surface area contributed by atoms with E-state index in [9.17, 15) is 0 Å². The summed E-state index contributed by atoms with van der Waals surface area (Å²) >= 11 is 0. The molecular formula is C14H26N2. The van der Waals surface area contributed by atoms with Crippen molar-refractivity contribution in [3.05, 3.63) is 0 Å². The molecule has 0 aromatic rings. The van der Waals surface area contributed by atoms with E-state index in [1.165, 1.54) is 71.2 Å². The first-order valence-corrected chi connectivity index (χ1v) is 7.35. The van der Waals surface area contributed by atoms with Crippen molar-refractivity contribution in [3.8, 4) is 0 Å². The zero-order valence-electron chi connectivity index (χ0n) is 10.5. The molecule has 0 amide bonds. The molecule has 0 aromatic carbocycles. The number of hydrogen-bond acceptors (Lipinski definition) is 2. The van der Waals surface area contributed by atoms with Gasteiger partial charge in [0, 0.05) is 13.1 Å². The van der Waals surface area contributed by atoms with Crippen LogP contribution >= 0.6 is 0 Å². The lowest BCUT2D eigenvalue weighted by Gasteiger charge is -2.24. The van der Waals surface area contributed by atoms with Crippen molar-refractivity contribution in [2.75, 3.05) is 32.7 Å². The van der Waals surface area contributed by atoms with Gasteiger partial charge in [-0.25, -0.2) is 0 Å². The number of likely N-dealkylation sites (tertiary alicyclic amines) is 1. The van der Waals surface area contributed by atoms with Crippen LogP contribution in [0.15, 0.2) is 0 Å². The lowest BCUT2D eigenvalue weighted by molar-refractivity contribution is 0.254. The van der Waals surface area contributed by atoms with Crippen LogP contribution in [0, 0.1) is 17.8 Å². The fourth-order valence-electron chi connectivity index (χ4n) is 3.98. The summed E-state index contributed by atoms with van der Waals surface area (Å²) in [5.41, 5.74) is 0. The normalized spacial score (nSPS) is 36.8. The second-order valence-corrected chi connectivity index (χ2v) is 6.23. The maximum Gasteiger partial charge on any atom is 0.00255 e. The lowest BCUT2D eigenvalue weighted by atomic mass is 9.87. The maximum absolute atomic E-state index is 3.52. The monoisotopic (exact) mass is 222 g/mol. The predicted molar refractivity (Wildman–Crippen MR) is 67.5 cm³/mol. The molecule has 0 radical (unpaired) electrons. The molecule has 1 aliphatic carbocycles. The van der Waals surface area contributed by atoms with Crippen molar-refractivity contribution in [2.45, 2.75) is 38.5 Å². The van der Waals surface area contributed by atoms with Crippen molar-refractivity contribution in [1.82, 2.24) is 10.2 Å². The van der Waals surface area contributed by atoms with Crippen molar-refractivity contribution in [2.24, 2.45) is 17.8 Å². The number of rotatable bonds is 3. The molecule has 2 saturated heterocycles. The van der Waals surface area contributed by atoms with Crippen LogP contribution < -0.4 is 5.32 Å². The molecule has 2 aliphatic heterocycles. The largest absolute Gasteiger partial charge is 0.316 e. The minimum Gasteiger partial charge on any atom is -0.316 e. The van der Waals surface area contributed by atoms with Gasteiger partial charge in [0.05, 0.1) is 0 Å². The summed E-state index contributed by atoms with van der Waals surface area (Å²) < 4.78 is 0. The van der Waals surface area contributed by atoms with Crippen LogP contribution in [0.5, 0.6) is 0 Å². The first kappa shape index (κ1) is 11.0. The molecule has 0 aromatic heterocycles. The molecule has 3 aliphatic rings. The Morgan fingerprint density at radius 1 is 0.938 bits per heavy atom. The molecule has 16 heavy (non-hydrogen) atoms. The van der Waals surface area contributed by atoms with E-state index in [0.717, 1.165) is 17.8 Å². The van der Waals surface area contributed by atoms with Crippen LogP contribution in [0.2, 0.25) is 0 Å². The third-order valence-corrected chi connectivity index (χ3v) is 5.04. The van der Waals surface area contributed by atoms with Gasteiger partial charge in [-0.05, 0) is 43.8 Å². The Morgan fingerprint density at radius 3 is 2.31 bits per heavy atom. The van der Waals surface area contributed by atoms with Gasteiger partial charge in [0.1, 0.15) is 0 Å². The summed E-state index contributed by atoms with van der Waals surface area (Å²) in [6.07, 6.45) is 9.01. The molecule has 3 rings (SSSR count). The predicted octanol–water partition coefficient (Wildman–Crippen LogP) is 2.11. The molecule has 2 heteroatoms. The third-order valence-electron chi connectivity index (χ3n) is 5.04. The van der Waals surface area contributed by atoms with Gasteiger partial charge in [-0.3, -0.25) is 0 Å². The van der Waals surface area contributed by atoms with Crippen molar-refractivity contribution in [3.63, 3.8) is 0 Å². The van der Waals surface area contributed by atoms with Crippen LogP contribution in [0.1, 0.15) is 38.5 Å². The molecule has 3 fully saturated rings. The average Bonchev–Trinajstić information content (AvgIpc) is 2.88. The van der Waals surface area contributed by atoms with E-state index in [0.29, 0.717) is 0 Å². The number of fused-ring (bicyclic) bond motifs is 1. The first-order valence-electron chi connectivity index (χ1n) is 7.35. The van der Waals surface area contributed by atoms with Gasteiger partial charge < -0.3 is 10.2 Å². The molecule has 2 heterocycles. The Hall–Kier alpha value is -0.0800. The molecule has 0 bridgehead atoms. The Morgan fingerprint density at radius 2 is 1.62 bits per heavy atom. The van der Waals surface area contributed by atoms with Crippen LogP contribution in [0.3, 0.4) is 0 Å². The highest BCUT2D eigenvalue weighted by molar-refractivity contribution is 4.91. The summed E-state index contributed by atoms with van der Waals surface area (Å²) in [5, 5.41) is 3.52. The molecule has 1 N–H and O–H groups in total. The van der Waals surface area contributed by atoms with Gasteiger partial charge in [0.25, 0.3) is 0 Å². The van der Waals surface area contributed by atoms with Gasteiger partial charge in [0.2, 0.25) is 0 Å². The Balaban J connectivity index is 1.39. The van der Waals surface area contributed by atoms with Crippen molar-refractivity contribution >= 4 is 0 Å². The zero-order valence-corrected chi connectivity index (χ0v) is 10.5. The highest BCUT2D eigenvalue weighted by atomic mass is 15.2. The molecule has 1 saturated carbocycles. The van der Waals surface area contributed by atoms with Crippen molar-refractivity contribution < 1.29 is 0 Å². The van der Waals surface area contributed by atoms with Gasteiger partial charge in [-0.15, -0.1) is 0 Å². The van der Waals surface area contributed by atoms with E-state index < -0.39 is 0 Å². The SMILES string of the molecule is C1CCC(CCN2CC3CNCC3C2)CC1. The number of nitrogens with zero attached hydrogens (tertiary/aromatic N) is 1. The van der Waals surface area contributed by atoms with Gasteiger partial charge in [-0.2, -0.15) is 0 Å². The fourth-order valence-corrected chi connectivity index (χ4v) is 3.98. The molecule has 0 spiro atoms. The van der Waals surface area contributed by atoms with E-state index >= 15 is 0 Å². The standard InChI is InChI=1S/C14H26N2/c1-2-4-12(5-3-1)6-7-16-10-13-8-15-9-14(13)11-16/h12-15H,1-11H2. The van der Waals surface area contributed by atoms with Crippen LogP contribution in [0.25, 0.3) is 0 Å². The Kier molecular flexibility index (Phi) is 3.49. The van der Waals surface area contributed by atoms with E-state index in [1.54, 1.807) is 0 Å². The third kappa shape index (κ3) is 2.43. The summed E-state index contributed by atoms with van der Waals surface area (Å²) in [6, 6.07) is 0. The first-order chi connectivity index (χ1) is 7.92. The molecule has 92 valence electrons. The molecule has 2 atom stereocenters. The summed E-state index contributed by atoms with van der Waals surface area (Å²) in [4.78, 5) is 2.74. The van der Waals surface area contributed by atoms with Gasteiger partial charge >= 0.3 is 0 Å². The second kappa shape index (κ2) is 5.05. The highest BCUT2D eigenvalue weighted by Crippen LogP contribution is 2.29. The average molecular weight is 222 g/mol. The van der Waals surface area contributed by atoms with E-state index in [1.807, 2.05) is 0 Å². The zero-order chi connectivity index (χ0) is 10.8. The summed E-state index contributed by atoms with van der Waals surface area (Å²) in [6.45, 7) is 6.71. The van der Waals surface area contributed by atoms with E-state index in [-0.39, 0.29) is 0 Å². The Bertz CT molecular complexity index is 211.